The van der Waals surface area contributed by atoms with Crippen LogP contribution in [0.25, 0.3) is 0 Å². The highest BCUT2D eigenvalue weighted by atomic mass is 32.1. The van der Waals surface area contributed by atoms with E-state index in [4.69, 9.17) is 0 Å². The molecule has 2 nitrogen and oxygen atoms in total. The Kier molecular flexibility index (Phi) is 3.92. The Bertz CT molecular complexity index is 490. The van der Waals surface area contributed by atoms with Gasteiger partial charge in [0.25, 0.3) is 0 Å². The molecule has 3 heteroatoms. The largest absolute Gasteiger partial charge is 0.313 e. The normalized spacial score (nSPS) is 12.6. The van der Waals surface area contributed by atoms with Gasteiger partial charge in [-0.3, -0.25) is 0 Å². The van der Waals surface area contributed by atoms with Gasteiger partial charge in [-0.2, -0.15) is 0 Å². The molecule has 17 heavy (non-hydrogen) atoms. The number of hydrogen-bond acceptors (Lipinski definition) is 3. The second kappa shape index (κ2) is 5.43. The molecule has 0 saturated carbocycles. The summed E-state index contributed by atoms with van der Waals surface area (Å²) in [6, 6.07) is 8.87. The highest BCUT2D eigenvalue weighted by Gasteiger charge is 2.13. The van der Waals surface area contributed by atoms with Crippen LogP contribution in [-0.2, 0) is 6.42 Å². The van der Waals surface area contributed by atoms with Gasteiger partial charge in [-0.05, 0) is 32.0 Å². The Hall–Kier alpha value is -1.19. The lowest BCUT2D eigenvalue weighted by atomic mass is 9.98. The molecular formula is C14H18N2S. The minimum atomic E-state index is 0.345. The first kappa shape index (κ1) is 12.3. The molecule has 90 valence electrons. The molecule has 1 aromatic heterocycles. The van der Waals surface area contributed by atoms with Crippen molar-refractivity contribution >= 4 is 11.3 Å². The number of benzene rings is 1. The standard InChI is InChI=1S/C14H18N2S/c1-10-6-4-5-7-13(10)14(15-3)8-12-9-17-11(2)16-12/h4-7,9,14-15H,8H2,1-3H3. The average Bonchev–Trinajstić information content (AvgIpc) is 2.73. The molecule has 1 aromatic carbocycles. The predicted octanol–water partition coefficient (Wildman–Crippen LogP) is 3.26. The molecule has 0 aliphatic rings. The van der Waals surface area contributed by atoms with E-state index in [2.05, 4.69) is 53.8 Å². The van der Waals surface area contributed by atoms with E-state index in [-0.39, 0.29) is 0 Å². The lowest BCUT2D eigenvalue weighted by Crippen LogP contribution is -2.19. The maximum Gasteiger partial charge on any atom is 0.0897 e. The van der Waals surface area contributed by atoms with Gasteiger partial charge in [-0.25, -0.2) is 4.98 Å². The monoisotopic (exact) mass is 246 g/mol. The summed E-state index contributed by atoms with van der Waals surface area (Å²) < 4.78 is 0. The Morgan fingerprint density at radius 3 is 2.65 bits per heavy atom. The molecule has 1 heterocycles. The summed E-state index contributed by atoms with van der Waals surface area (Å²) in [5.74, 6) is 0. The minimum absolute atomic E-state index is 0.345. The van der Waals surface area contributed by atoms with E-state index in [9.17, 15) is 0 Å². The van der Waals surface area contributed by atoms with Crippen LogP contribution in [0, 0.1) is 13.8 Å². The van der Waals surface area contributed by atoms with Crippen molar-refractivity contribution < 1.29 is 0 Å². The van der Waals surface area contributed by atoms with Crippen molar-refractivity contribution in [1.82, 2.24) is 10.3 Å². The molecule has 0 bridgehead atoms. The predicted molar refractivity (Wildman–Crippen MR) is 73.5 cm³/mol. The first-order valence-corrected chi connectivity index (χ1v) is 6.72. The van der Waals surface area contributed by atoms with Gasteiger partial charge in [0.15, 0.2) is 0 Å². The van der Waals surface area contributed by atoms with Crippen molar-refractivity contribution in [3.8, 4) is 0 Å². The van der Waals surface area contributed by atoms with Crippen LogP contribution in [0.15, 0.2) is 29.6 Å². The average molecular weight is 246 g/mol. The van der Waals surface area contributed by atoms with Gasteiger partial charge in [-0.15, -0.1) is 11.3 Å². The van der Waals surface area contributed by atoms with E-state index in [0.717, 1.165) is 11.4 Å². The van der Waals surface area contributed by atoms with Gasteiger partial charge in [0, 0.05) is 17.8 Å². The molecule has 2 rings (SSSR count). The van der Waals surface area contributed by atoms with Crippen molar-refractivity contribution in [2.75, 3.05) is 7.05 Å². The molecule has 1 atom stereocenters. The number of thiazole rings is 1. The van der Waals surface area contributed by atoms with Crippen LogP contribution in [0.2, 0.25) is 0 Å². The zero-order chi connectivity index (χ0) is 12.3. The van der Waals surface area contributed by atoms with E-state index in [0.29, 0.717) is 6.04 Å². The maximum absolute atomic E-state index is 4.53. The highest BCUT2D eigenvalue weighted by molar-refractivity contribution is 7.09. The Morgan fingerprint density at radius 2 is 2.06 bits per heavy atom. The van der Waals surface area contributed by atoms with Crippen molar-refractivity contribution in [3.63, 3.8) is 0 Å². The summed E-state index contributed by atoms with van der Waals surface area (Å²) in [4.78, 5) is 4.53. The fraction of sp³-hybridized carbons (Fsp3) is 0.357. The van der Waals surface area contributed by atoms with Crippen LogP contribution < -0.4 is 5.32 Å². The molecular weight excluding hydrogens is 228 g/mol. The number of likely N-dealkylation sites (N-methyl/N-ethyl adjacent to an activating group) is 1. The van der Waals surface area contributed by atoms with Crippen molar-refractivity contribution in [1.29, 1.82) is 0 Å². The summed E-state index contributed by atoms with van der Waals surface area (Å²) in [7, 11) is 2.01. The summed E-state index contributed by atoms with van der Waals surface area (Å²) >= 11 is 1.72. The van der Waals surface area contributed by atoms with Gasteiger partial charge in [-0.1, -0.05) is 24.3 Å². The summed E-state index contributed by atoms with van der Waals surface area (Å²) in [6.45, 7) is 4.21. The summed E-state index contributed by atoms with van der Waals surface area (Å²) in [5.41, 5.74) is 3.87. The van der Waals surface area contributed by atoms with Crippen molar-refractivity contribution in [2.45, 2.75) is 26.3 Å². The zero-order valence-corrected chi connectivity index (χ0v) is 11.3. The maximum atomic E-state index is 4.53. The Morgan fingerprint density at radius 1 is 1.29 bits per heavy atom. The minimum Gasteiger partial charge on any atom is -0.313 e. The summed E-state index contributed by atoms with van der Waals surface area (Å²) in [6.07, 6.45) is 0.950. The van der Waals surface area contributed by atoms with E-state index in [1.165, 1.54) is 16.8 Å². The number of hydrogen-bond donors (Lipinski definition) is 1. The first-order valence-electron chi connectivity index (χ1n) is 5.84. The smallest absolute Gasteiger partial charge is 0.0897 e. The second-order valence-electron chi connectivity index (χ2n) is 4.26. The Labute approximate surface area is 107 Å². The van der Waals surface area contributed by atoms with E-state index in [1.54, 1.807) is 11.3 Å². The highest BCUT2D eigenvalue weighted by Crippen LogP contribution is 2.22. The topological polar surface area (TPSA) is 24.9 Å². The molecule has 0 aliphatic carbocycles. The fourth-order valence-electron chi connectivity index (χ4n) is 2.06. The van der Waals surface area contributed by atoms with E-state index in [1.807, 2.05) is 7.05 Å². The quantitative estimate of drug-likeness (QED) is 0.895. The van der Waals surface area contributed by atoms with E-state index < -0.39 is 0 Å². The lowest BCUT2D eigenvalue weighted by molar-refractivity contribution is 0.582. The van der Waals surface area contributed by atoms with Gasteiger partial charge in [0.05, 0.1) is 10.7 Å². The number of aromatic nitrogens is 1. The Balaban J connectivity index is 2.20. The lowest BCUT2D eigenvalue weighted by Gasteiger charge is -2.17. The number of nitrogens with zero attached hydrogens (tertiary/aromatic N) is 1. The van der Waals surface area contributed by atoms with Crippen LogP contribution >= 0.6 is 11.3 Å². The molecule has 0 saturated heterocycles. The van der Waals surface area contributed by atoms with Crippen molar-refractivity contribution in [3.05, 3.63) is 51.5 Å². The molecule has 0 spiro atoms. The number of nitrogens with one attached hydrogen (secondary N) is 1. The van der Waals surface area contributed by atoms with Crippen LogP contribution in [-0.4, -0.2) is 12.0 Å². The van der Waals surface area contributed by atoms with Crippen molar-refractivity contribution in [2.24, 2.45) is 0 Å². The third-order valence-corrected chi connectivity index (χ3v) is 3.81. The van der Waals surface area contributed by atoms with Gasteiger partial charge in [0.1, 0.15) is 0 Å². The molecule has 0 amide bonds. The molecule has 0 radical (unpaired) electrons. The third kappa shape index (κ3) is 2.93. The zero-order valence-electron chi connectivity index (χ0n) is 10.5. The number of aryl methyl sites for hydroxylation is 2. The first-order chi connectivity index (χ1) is 8.20. The van der Waals surface area contributed by atoms with Crippen LogP contribution in [0.1, 0.15) is 27.9 Å². The van der Waals surface area contributed by atoms with Gasteiger partial charge in [0.2, 0.25) is 0 Å². The molecule has 1 N–H and O–H groups in total. The molecule has 1 unspecified atom stereocenters. The molecule has 0 aliphatic heterocycles. The van der Waals surface area contributed by atoms with Crippen LogP contribution in [0.3, 0.4) is 0 Å². The molecule has 2 aromatic rings. The van der Waals surface area contributed by atoms with Crippen LogP contribution in [0.4, 0.5) is 0 Å². The number of rotatable bonds is 4. The third-order valence-electron chi connectivity index (χ3n) is 2.99. The van der Waals surface area contributed by atoms with Gasteiger partial charge < -0.3 is 5.32 Å². The van der Waals surface area contributed by atoms with E-state index >= 15 is 0 Å². The fourth-order valence-corrected chi connectivity index (χ4v) is 2.68. The molecule has 0 fully saturated rings. The summed E-state index contributed by atoms with van der Waals surface area (Å²) in [5, 5.41) is 6.67. The second-order valence-corrected chi connectivity index (χ2v) is 5.32. The SMILES string of the molecule is CNC(Cc1csc(C)n1)c1ccccc1C. The van der Waals surface area contributed by atoms with Gasteiger partial charge >= 0.3 is 0 Å². The van der Waals surface area contributed by atoms with Crippen LogP contribution in [0.5, 0.6) is 0 Å².